The summed E-state index contributed by atoms with van der Waals surface area (Å²) in [5.74, 6) is 0.693. The van der Waals surface area contributed by atoms with Gasteiger partial charge in [0.25, 0.3) is 0 Å². The van der Waals surface area contributed by atoms with E-state index in [0.29, 0.717) is 11.7 Å². The Hall–Kier alpha value is -0.370. The molecule has 1 fully saturated rings. The number of piperidine rings is 1. The maximum Gasteiger partial charge on any atom is 0.133 e. The van der Waals surface area contributed by atoms with E-state index in [-0.39, 0.29) is 0 Å². The SMILES string of the molecule is [CH2-][NH+]1CCC(C(C)=O)CC1. The van der Waals surface area contributed by atoms with Crippen LogP contribution in [0.25, 0.3) is 0 Å². The largest absolute Gasteiger partial charge is 0.468 e. The molecule has 0 atom stereocenters. The molecule has 0 aromatic carbocycles. The molecule has 1 rings (SSSR count). The predicted molar refractivity (Wildman–Crippen MR) is 39.5 cm³/mol. The van der Waals surface area contributed by atoms with E-state index in [2.05, 4.69) is 7.05 Å². The van der Waals surface area contributed by atoms with Crippen LogP contribution in [0.3, 0.4) is 0 Å². The summed E-state index contributed by atoms with van der Waals surface area (Å²) in [6.07, 6.45) is 2.07. The molecule has 0 spiro atoms. The van der Waals surface area contributed by atoms with Gasteiger partial charge in [-0.15, -0.1) is 0 Å². The highest BCUT2D eigenvalue weighted by atomic mass is 16.1. The summed E-state index contributed by atoms with van der Waals surface area (Å²) >= 11 is 0. The lowest BCUT2D eigenvalue weighted by molar-refractivity contribution is -0.860. The first-order chi connectivity index (χ1) is 4.70. The van der Waals surface area contributed by atoms with Crippen LogP contribution in [0.1, 0.15) is 19.8 Å². The zero-order valence-electron chi connectivity index (χ0n) is 6.52. The van der Waals surface area contributed by atoms with Crippen molar-refractivity contribution in [2.24, 2.45) is 5.92 Å². The molecule has 0 radical (unpaired) electrons. The predicted octanol–water partition coefficient (Wildman–Crippen LogP) is -0.338. The lowest BCUT2D eigenvalue weighted by Crippen LogP contribution is -3.08. The van der Waals surface area contributed by atoms with Crippen molar-refractivity contribution >= 4 is 5.78 Å². The van der Waals surface area contributed by atoms with E-state index in [0.717, 1.165) is 25.9 Å². The minimum Gasteiger partial charge on any atom is -0.468 e. The van der Waals surface area contributed by atoms with E-state index in [4.69, 9.17) is 0 Å². The van der Waals surface area contributed by atoms with Gasteiger partial charge in [-0.25, -0.2) is 0 Å². The lowest BCUT2D eigenvalue weighted by atomic mass is 9.94. The summed E-state index contributed by atoms with van der Waals surface area (Å²) in [7, 11) is 3.90. The van der Waals surface area contributed by atoms with Crippen molar-refractivity contribution in [2.75, 3.05) is 13.1 Å². The second-order valence-electron chi connectivity index (χ2n) is 3.13. The molecule has 1 saturated heterocycles. The highest BCUT2D eigenvalue weighted by Crippen LogP contribution is 2.09. The molecule has 0 aliphatic carbocycles. The fourth-order valence-corrected chi connectivity index (χ4v) is 1.43. The van der Waals surface area contributed by atoms with Gasteiger partial charge in [-0.2, -0.15) is 7.05 Å². The van der Waals surface area contributed by atoms with E-state index in [1.165, 1.54) is 4.90 Å². The highest BCUT2D eigenvalue weighted by molar-refractivity contribution is 5.78. The van der Waals surface area contributed by atoms with Crippen molar-refractivity contribution < 1.29 is 9.69 Å². The van der Waals surface area contributed by atoms with E-state index in [1.807, 2.05) is 0 Å². The van der Waals surface area contributed by atoms with Crippen LogP contribution in [-0.4, -0.2) is 18.9 Å². The third-order valence-electron chi connectivity index (χ3n) is 2.27. The van der Waals surface area contributed by atoms with Crippen LogP contribution in [0.4, 0.5) is 0 Å². The van der Waals surface area contributed by atoms with Gasteiger partial charge >= 0.3 is 0 Å². The molecule has 1 N–H and O–H groups in total. The average molecular weight is 141 g/mol. The third-order valence-corrected chi connectivity index (χ3v) is 2.27. The number of ketones is 1. The smallest absolute Gasteiger partial charge is 0.133 e. The maximum absolute atomic E-state index is 10.9. The van der Waals surface area contributed by atoms with Crippen LogP contribution in [0.5, 0.6) is 0 Å². The van der Waals surface area contributed by atoms with E-state index < -0.39 is 0 Å². The monoisotopic (exact) mass is 141 g/mol. The summed E-state index contributed by atoms with van der Waals surface area (Å²) in [5, 5.41) is 0. The number of carbonyl (C=O) groups excluding carboxylic acids is 1. The van der Waals surface area contributed by atoms with Crippen molar-refractivity contribution in [3.05, 3.63) is 7.05 Å². The Kier molecular flexibility index (Phi) is 2.44. The highest BCUT2D eigenvalue weighted by Gasteiger charge is 2.20. The first-order valence-corrected chi connectivity index (χ1v) is 3.87. The summed E-state index contributed by atoms with van der Waals surface area (Å²) in [6.45, 7) is 3.81. The number of quaternary nitrogens is 1. The minimum atomic E-state index is 0.338. The quantitative estimate of drug-likeness (QED) is 0.496. The Morgan fingerprint density at radius 2 is 2.00 bits per heavy atom. The first kappa shape index (κ1) is 7.73. The molecule has 1 aliphatic heterocycles. The van der Waals surface area contributed by atoms with Gasteiger partial charge in [-0.1, -0.05) is 0 Å². The first-order valence-electron chi connectivity index (χ1n) is 3.87. The van der Waals surface area contributed by atoms with Crippen molar-refractivity contribution in [2.45, 2.75) is 19.8 Å². The number of rotatable bonds is 1. The van der Waals surface area contributed by atoms with Crippen molar-refractivity contribution in [1.82, 2.24) is 0 Å². The molecule has 0 aromatic heterocycles. The van der Waals surface area contributed by atoms with Crippen molar-refractivity contribution in [1.29, 1.82) is 0 Å². The van der Waals surface area contributed by atoms with Crippen molar-refractivity contribution in [3.8, 4) is 0 Å². The fourth-order valence-electron chi connectivity index (χ4n) is 1.43. The standard InChI is InChI=1S/C8H15NO/c1-7(10)8-3-5-9(2)6-4-8/h8-9H,2-6H2,1H3. The number of carbonyl (C=O) groups is 1. The van der Waals surface area contributed by atoms with Crippen LogP contribution >= 0.6 is 0 Å². The Labute approximate surface area is 62.2 Å². The van der Waals surface area contributed by atoms with Gasteiger partial charge in [0.1, 0.15) is 5.78 Å². The Balaban J connectivity index is 2.33. The summed E-state index contributed by atoms with van der Waals surface area (Å²) in [4.78, 5) is 12.2. The third kappa shape index (κ3) is 1.81. The zero-order valence-corrected chi connectivity index (χ0v) is 6.52. The minimum absolute atomic E-state index is 0.338. The summed E-state index contributed by atoms with van der Waals surface area (Å²) in [6, 6.07) is 0. The molecule has 2 heteroatoms. The molecule has 10 heavy (non-hydrogen) atoms. The number of hydrogen-bond donors (Lipinski definition) is 1. The molecule has 0 unspecified atom stereocenters. The van der Waals surface area contributed by atoms with E-state index in [9.17, 15) is 4.79 Å². The van der Waals surface area contributed by atoms with Crippen molar-refractivity contribution in [3.63, 3.8) is 0 Å². The maximum atomic E-state index is 10.9. The van der Waals surface area contributed by atoms with Crippen LogP contribution < -0.4 is 4.90 Å². The van der Waals surface area contributed by atoms with E-state index >= 15 is 0 Å². The number of nitrogens with one attached hydrogen (secondary N) is 1. The van der Waals surface area contributed by atoms with Gasteiger partial charge < -0.3 is 4.90 Å². The molecule has 58 valence electrons. The second-order valence-corrected chi connectivity index (χ2v) is 3.13. The Morgan fingerprint density at radius 3 is 2.40 bits per heavy atom. The summed E-state index contributed by atoms with van der Waals surface area (Å²) in [5.41, 5.74) is 0. The number of likely N-dealkylation sites (tertiary alicyclic amines) is 1. The van der Waals surface area contributed by atoms with Crippen LogP contribution in [0.15, 0.2) is 0 Å². The van der Waals surface area contributed by atoms with Crippen LogP contribution in [0.2, 0.25) is 0 Å². The molecular weight excluding hydrogens is 126 g/mol. The van der Waals surface area contributed by atoms with Gasteiger partial charge in [-0.3, -0.25) is 4.79 Å². The molecule has 0 bridgehead atoms. The van der Waals surface area contributed by atoms with Gasteiger partial charge in [-0.05, 0) is 6.92 Å². The van der Waals surface area contributed by atoms with Crippen LogP contribution in [-0.2, 0) is 4.79 Å². The van der Waals surface area contributed by atoms with Gasteiger partial charge in [0, 0.05) is 18.8 Å². The van der Waals surface area contributed by atoms with Gasteiger partial charge in [0.2, 0.25) is 0 Å². The van der Waals surface area contributed by atoms with Crippen LogP contribution in [0, 0.1) is 13.0 Å². The topological polar surface area (TPSA) is 21.5 Å². The molecule has 0 amide bonds. The van der Waals surface area contributed by atoms with Gasteiger partial charge in [0.05, 0.1) is 13.1 Å². The molecule has 0 saturated carbocycles. The number of Topliss-reactive ketones (excluding diaryl/α,β-unsaturated/α-hetero) is 1. The fraction of sp³-hybridized carbons (Fsp3) is 0.750. The Bertz CT molecular complexity index is 125. The Morgan fingerprint density at radius 1 is 1.50 bits per heavy atom. The molecule has 1 aliphatic rings. The van der Waals surface area contributed by atoms with E-state index in [1.54, 1.807) is 6.92 Å². The normalized spacial score (nSPS) is 33.8. The zero-order chi connectivity index (χ0) is 7.56. The molecule has 1 heterocycles. The molecular formula is C8H15NO. The average Bonchev–Trinajstić information content (AvgIpc) is 1.88. The molecule has 0 aromatic rings. The number of hydrogen-bond acceptors (Lipinski definition) is 1. The lowest BCUT2D eigenvalue weighted by Gasteiger charge is -2.29. The summed E-state index contributed by atoms with van der Waals surface area (Å²) < 4.78 is 0. The molecule has 2 nitrogen and oxygen atoms in total. The van der Waals surface area contributed by atoms with Gasteiger partial charge in [0.15, 0.2) is 0 Å². The second kappa shape index (κ2) is 3.15.